The van der Waals surface area contributed by atoms with Crippen molar-refractivity contribution in [3.63, 3.8) is 0 Å². The van der Waals surface area contributed by atoms with E-state index in [1.165, 1.54) is 18.2 Å². The van der Waals surface area contributed by atoms with Crippen molar-refractivity contribution in [2.75, 3.05) is 13.7 Å². The average Bonchev–Trinajstić information content (AvgIpc) is 2.66. The van der Waals surface area contributed by atoms with Gasteiger partial charge in [-0.3, -0.25) is 0 Å². The van der Waals surface area contributed by atoms with E-state index in [1.807, 2.05) is 30.3 Å². The van der Waals surface area contributed by atoms with Crippen LogP contribution in [-0.2, 0) is 9.53 Å². The van der Waals surface area contributed by atoms with E-state index >= 15 is 0 Å². The molecule has 5 heteroatoms. The second kappa shape index (κ2) is 7.78. The first-order valence-corrected chi connectivity index (χ1v) is 8.20. The van der Waals surface area contributed by atoms with Gasteiger partial charge in [-0.05, 0) is 67.1 Å². The van der Waals surface area contributed by atoms with E-state index in [1.54, 1.807) is 26.2 Å². The highest BCUT2D eigenvalue weighted by Crippen LogP contribution is 2.27. The van der Waals surface area contributed by atoms with Gasteiger partial charge in [-0.15, -0.1) is 0 Å². The van der Waals surface area contributed by atoms with Gasteiger partial charge >= 0.3 is 5.97 Å². The molecule has 1 heterocycles. The minimum atomic E-state index is -0.445. The number of aromatic nitrogens is 1. The number of esters is 1. The number of nitrogens with zero attached hydrogens (tertiary/aromatic N) is 1. The molecule has 3 rings (SSSR count). The molecule has 0 unspecified atom stereocenters. The number of fused-ring (bicyclic) bond motifs is 1. The highest BCUT2D eigenvalue weighted by molar-refractivity contribution is 5.94. The number of ether oxygens (including phenoxy) is 2. The number of benzene rings is 2. The molecule has 0 aliphatic rings. The van der Waals surface area contributed by atoms with Crippen LogP contribution in [-0.4, -0.2) is 24.7 Å². The summed E-state index contributed by atoms with van der Waals surface area (Å²) in [7, 11) is 1.61. The Morgan fingerprint density at radius 1 is 1.15 bits per heavy atom. The van der Waals surface area contributed by atoms with E-state index in [2.05, 4.69) is 4.98 Å². The molecule has 1 aromatic heterocycles. The van der Waals surface area contributed by atoms with E-state index in [-0.39, 0.29) is 5.82 Å². The molecule has 0 atom stereocenters. The summed E-state index contributed by atoms with van der Waals surface area (Å²) in [5.74, 6) is -0.0545. The van der Waals surface area contributed by atoms with Crippen molar-refractivity contribution in [1.29, 1.82) is 0 Å². The summed E-state index contributed by atoms with van der Waals surface area (Å²) in [6, 6.07) is 13.7. The van der Waals surface area contributed by atoms with Crippen LogP contribution >= 0.6 is 0 Å². The first kappa shape index (κ1) is 17.6. The Bertz CT molecular complexity index is 965. The van der Waals surface area contributed by atoms with Crippen LogP contribution in [0.2, 0.25) is 0 Å². The highest BCUT2D eigenvalue weighted by Gasteiger charge is 2.08. The van der Waals surface area contributed by atoms with Crippen molar-refractivity contribution in [3.05, 3.63) is 66.0 Å². The second-order valence-electron chi connectivity index (χ2n) is 5.57. The van der Waals surface area contributed by atoms with E-state index in [0.717, 1.165) is 17.0 Å². The first-order valence-electron chi connectivity index (χ1n) is 8.20. The lowest BCUT2D eigenvalue weighted by Crippen LogP contribution is -1.99. The normalized spacial score (nSPS) is 11.0. The molecule has 0 aliphatic heterocycles. The van der Waals surface area contributed by atoms with E-state index in [9.17, 15) is 9.18 Å². The molecule has 0 amide bonds. The predicted octanol–water partition coefficient (Wildman–Crippen LogP) is 4.63. The lowest BCUT2D eigenvalue weighted by molar-refractivity contribution is -0.137. The molecule has 132 valence electrons. The fourth-order valence-corrected chi connectivity index (χ4v) is 2.62. The van der Waals surface area contributed by atoms with Crippen LogP contribution in [0.3, 0.4) is 0 Å². The van der Waals surface area contributed by atoms with Crippen LogP contribution in [0.25, 0.3) is 28.2 Å². The molecule has 0 radical (unpaired) electrons. The third kappa shape index (κ3) is 3.88. The summed E-state index contributed by atoms with van der Waals surface area (Å²) in [6.07, 6.45) is 2.95. The fraction of sp³-hybridized carbons (Fsp3) is 0.143. The van der Waals surface area contributed by atoms with E-state index in [0.29, 0.717) is 23.1 Å². The molecule has 3 aromatic rings. The zero-order valence-corrected chi connectivity index (χ0v) is 14.5. The van der Waals surface area contributed by atoms with Gasteiger partial charge in [0.2, 0.25) is 0 Å². The summed E-state index contributed by atoms with van der Waals surface area (Å²) in [5, 5.41) is 0.628. The largest absolute Gasteiger partial charge is 0.497 e. The van der Waals surface area contributed by atoms with E-state index < -0.39 is 5.97 Å². The summed E-state index contributed by atoms with van der Waals surface area (Å²) < 4.78 is 23.8. The van der Waals surface area contributed by atoms with Crippen molar-refractivity contribution in [2.45, 2.75) is 6.92 Å². The van der Waals surface area contributed by atoms with Gasteiger partial charge in [0, 0.05) is 17.0 Å². The van der Waals surface area contributed by atoms with Gasteiger partial charge in [-0.1, -0.05) is 0 Å². The molecule has 0 spiro atoms. The Hall–Kier alpha value is -3.21. The van der Waals surface area contributed by atoms with Crippen LogP contribution in [0.15, 0.2) is 54.6 Å². The number of hydrogen-bond acceptors (Lipinski definition) is 4. The van der Waals surface area contributed by atoms with Crippen molar-refractivity contribution in [3.8, 4) is 17.0 Å². The maximum Gasteiger partial charge on any atom is 0.330 e. The average molecular weight is 351 g/mol. The third-order valence-electron chi connectivity index (χ3n) is 3.87. The van der Waals surface area contributed by atoms with Crippen LogP contribution in [0.1, 0.15) is 12.5 Å². The Balaban J connectivity index is 2.10. The summed E-state index contributed by atoms with van der Waals surface area (Å²) >= 11 is 0. The fourth-order valence-electron chi connectivity index (χ4n) is 2.62. The molecule has 0 saturated heterocycles. The quantitative estimate of drug-likeness (QED) is 0.497. The Labute approximate surface area is 150 Å². The summed E-state index contributed by atoms with van der Waals surface area (Å²) in [4.78, 5) is 16.2. The standard InChI is InChI=1S/C21H18FNO3/c1-3-26-21(24)11-6-15-12-20(14-4-8-17(25-2)9-5-14)23-19-10-7-16(22)13-18(15)19/h4-13H,3H2,1-2H3. The third-order valence-corrected chi connectivity index (χ3v) is 3.87. The lowest BCUT2D eigenvalue weighted by Gasteiger charge is -2.08. The molecule has 26 heavy (non-hydrogen) atoms. The van der Waals surface area contributed by atoms with Crippen molar-refractivity contribution in [2.24, 2.45) is 0 Å². The monoisotopic (exact) mass is 351 g/mol. The number of halogens is 1. The summed E-state index contributed by atoms with van der Waals surface area (Å²) in [5.41, 5.74) is 2.94. The van der Waals surface area contributed by atoms with Crippen LogP contribution in [0, 0.1) is 5.82 Å². The lowest BCUT2D eigenvalue weighted by atomic mass is 10.0. The van der Waals surface area contributed by atoms with Crippen molar-refractivity contribution in [1.82, 2.24) is 4.98 Å². The van der Waals surface area contributed by atoms with Crippen LogP contribution in [0.5, 0.6) is 5.75 Å². The minimum absolute atomic E-state index is 0.298. The molecule has 0 fully saturated rings. The molecule has 0 bridgehead atoms. The zero-order chi connectivity index (χ0) is 18.5. The number of hydrogen-bond donors (Lipinski definition) is 0. The van der Waals surface area contributed by atoms with Gasteiger partial charge in [-0.25, -0.2) is 14.2 Å². The van der Waals surface area contributed by atoms with Crippen LogP contribution in [0.4, 0.5) is 4.39 Å². The number of methoxy groups -OCH3 is 1. The Morgan fingerprint density at radius 2 is 1.92 bits per heavy atom. The molecular weight excluding hydrogens is 333 g/mol. The Morgan fingerprint density at radius 3 is 2.62 bits per heavy atom. The first-order chi connectivity index (χ1) is 12.6. The topological polar surface area (TPSA) is 48.4 Å². The summed E-state index contributed by atoms with van der Waals surface area (Å²) in [6.45, 7) is 2.04. The van der Waals surface area contributed by atoms with Crippen LogP contribution < -0.4 is 4.74 Å². The van der Waals surface area contributed by atoms with Crippen molar-refractivity contribution >= 4 is 22.9 Å². The molecule has 0 aliphatic carbocycles. The molecule has 2 aromatic carbocycles. The number of pyridine rings is 1. The molecule has 4 nitrogen and oxygen atoms in total. The van der Waals surface area contributed by atoms with Gasteiger partial charge < -0.3 is 9.47 Å². The van der Waals surface area contributed by atoms with Gasteiger partial charge in [0.1, 0.15) is 11.6 Å². The smallest absolute Gasteiger partial charge is 0.330 e. The maximum absolute atomic E-state index is 13.7. The van der Waals surface area contributed by atoms with Crippen molar-refractivity contribution < 1.29 is 18.7 Å². The maximum atomic E-state index is 13.7. The number of carbonyl (C=O) groups excluding carboxylic acids is 1. The minimum Gasteiger partial charge on any atom is -0.497 e. The highest BCUT2D eigenvalue weighted by atomic mass is 19.1. The van der Waals surface area contributed by atoms with E-state index in [4.69, 9.17) is 9.47 Å². The van der Waals surface area contributed by atoms with Gasteiger partial charge in [0.25, 0.3) is 0 Å². The van der Waals surface area contributed by atoms with Gasteiger partial charge in [0.15, 0.2) is 0 Å². The van der Waals surface area contributed by atoms with Gasteiger partial charge in [-0.2, -0.15) is 0 Å². The number of rotatable bonds is 5. The van der Waals surface area contributed by atoms with Gasteiger partial charge in [0.05, 0.1) is 24.9 Å². The SMILES string of the molecule is CCOC(=O)C=Cc1cc(-c2ccc(OC)cc2)nc2ccc(F)cc12. The predicted molar refractivity (Wildman–Crippen MR) is 99.4 cm³/mol. The Kier molecular flexibility index (Phi) is 5.27. The molecule has 0 saturated carbocycles. The number of carbonyl (C=O) groups is 1. The zero-order valence-electron chi connectivity index (χ0n) is 14.5. The molecule has 0 N–H and O–H groups in total. The second-order valence-corrected chi connectivity index (χ2v) is 5.57. The molecular formula is C21H18FNO3.